The Labute approximate surface area is 251 Å². The van der Waals surface area contributed by atoms with Crippen LogP contribution < -0.4 is 9.64 Å². The number of amides is 2. The smallest absolute Gasteiger partial charge is 0.371 e. The van der Waals surface area contributed by atoms with Crippen LogP contribution in [0, 0.1) is 5.92 Å². The normalized spacial score (nSPS) is 14.9. The molecule has 1 aromatic heterocycles. The number of thiophene rings is 1. The lowest BCUT2D eigenvalue weighted by molar-refractivity contribution is -0.382. The first-order chi connectivity index (χ1) is 19.5. The fourth-order valence-corrected chi connectivity index (χ4v) is 5.73. The average molecular weight is 600 g/mol. The molecule has 5 N–H and O–H groups in total. The van der Waals surface area contributed by atoms with Crippen LogP contribution in [-0.2, 0) is 22.4 Å². The Hall–Kier alpha value is -3.20. The number of fused-ring (bicyclic) bond motifs is 1. The van der Waals surface area contributed by atoms with Crippen molar-refractivity contribution in [2.45, 2.75) is 58.9 Å². The van der Waals surface area contributed by atoms with Gasteiger partial charge in [0.2, 0.25) is 5.91 Å². The van der Waals surface area contributed by atoms with Gasteiger partial charge < -0.3 is 35.2 Å². The second-order valence-electron chi connectivity index (χ2n) is 10.6. The first kappa shape index (κ1) is 33.3. The largest absolute Gasteiger partial charge is 0.496 e. The van der Waals surface area contributed by atoms with E-state index in [1.807, 2.05) is 34.5 Å². The van der Waals surface area contributed by atoms with Gasteiger partial charge in [-0.05, 0) is 66.8 Å². The summed E-state index contributed by atoms with van der Waals surface area (Å²) in [7, 11) is 7.15. The SMILES string of the molecule is [B]C(O)(O)N(CCN(C(C)=O)C(O)(O)O)C(=O)/C(C)=C1\CCc2cc(OC)c(CC(C)C)cc2N1C(=C)c1cccs1. The highest BCUT2D eigenvalue weighted by Gasteiger charge is 2.38. The van der Waals surface area contributed by atoms with E-state index in [1.54, 1.807) is 7.11 Å². The third-order valence-electron chi connectivity index (χ3n) is 7.01. The zero-order chi connectivity index (χ0) is 31.6. The summed E-state index contributed by atoms with van der Waals surface area (Å²) in [5.74, 6) is -3.89. The number of anilines is 1. The highest BCUT2D eigenvalue weighted by Crippen LogP contribution is 2.43. The predicted octanol–water partition coefficient (Wildman–Crippen LogP) is 1.68. The van der Waals surface area contributed by atoms with Gasteiger partial charge in [0, 0.05) is 37.0 Å². The van der Waals surface area contributed by atoms with Gasteiger partial charge in [0.1, 0.15) is 5.75 Å². The van der Waals surface area contributed by atoms with Crippen LogP contribution in [0.3, 0.4) is 0 Å². The molecule has 2 aromatic rings. The molecule has 0 saturated carbocycles. The highest BCUT2D eigenvalue weighted by atomic mass is 32.1. The summed E-state index contributed by atoms with van der Waals surface area (Å²) >= 11 is 1.48. The molecule has 13 heteroatoms. The van der Waals surface area contributed by atoms with Gasteiger partial charge in [0.05, 0.1) is 17.7 Å². The molecule has 42 heavy (non-hydrogen) atoms. The number of carbonyl (C=O) groups is 2. The van der Waals surface area contributed by atoms with Gasteiger partial charge >= 0.3 is 6.10 Å². The van der Waals surface area contributed by atoms with Crippen molar-refractivity contribution in [3.63, 3.8) is 0 Å². The Morgan fingerprint density at radius 2 is 1.76 bits per heavy atom. The Kier molecular flexibility index (Phi) is 10.3. The molecule has 0 spiro atoms. The molecule has 226 valence electrons. The molecule has 11 nitrogen and oxygen atoms in total. The molecule has 1 aliphatic rings. The van der Waals surface area contributed by atoms with E-state index in [2.05, 4.69) is 20.4 Å². The van der Waals surface area contributed by atoms with Crippen LogP contribution in [0.25, 0.3) is 5.70 Å². The van der Waals surface area contributed by atoms with Gasteiger partial charge in [0.15, 0.2) is 13.7 Å². The Bertz CT molecular complexity index is 1350. The standard InChI is InChI=1S/C29H38BN3O8S/c1-17(2)14-22-15-24-21(16-25(22)41-6)9-10-23(33(24)19(4)26-8-7-13-42-26)18(3)27(35)32(28(30,36)37)12-11-31(20(5)34)29(38,39)40/h7-8,13,15-17,36-40H,4,9-12,14H2,1-3,5-6H3/b23-18+. The summed E-state index contributed by atoms with van der Waals surface area (Å²) in [6, 6.07) is 7.83. The molecule has 2 heterocycles. The van der Waals surface area contributed by atoms with E-state index in [1.165, 1.54) is 18.3 Å². The lowest BCUT2D eigenvalue weighted by Crippen LogP contribution is -2.58. The molecular weight excluding hydrogens is 561 g/mol. The van der Waals surface area contributed by atoms with Crippen LogP contribution in [0.15, 0.2) is 47.5 Å². The third-order valence-corrected chi connectivity index (χ3v) is 7.93. The van der Waals surface area contributed by atoms with E-state index in [0.717, 1.165) is 40.8 Å². The summed E-state index contributed by atoms with van der Waals surface area (Å²) in [5, 5.41) is 51.1. The first-order valence-electron chi connectivity index (χ1n) is 13.4. The molecule has 1 aliphatic heterocycles. The highest BCUT2D eigenvalue weighted by molar-refractivity contribution is 7.11. The quantitative estimate of drug-likeness (QED) is 0.148. The van der Waals surface area contributed by atoms with Crippen molar-refractivity contribution in [1.29, 1.82) is 0 Å². The number of rotatable bonds is 11. The number of benzene rings is 1. The molecule has 0 unspecified atom stereocenters. The number of nitrogens with zero attached hydrogens (tertiary/aromatic N) is 3. The van der Waals surface area contributed by atoms with Crippen molar-refractivity contribution >= 4 is 42.4 Å². The maximum atomic E-state index is 13.8. The van der Waals surface area contributed by atoms with Gasteiger partial charge in [-0.25, -0.2) is 0 Å². The van der Waals surface area contributed by atoms with Crippen molar-refractivity contribution in [2.75, 3.05) is 25.1 Å². The number of carbonyl (C=O) groups excluding carboxylic acids is 2. The molecule has 0 bridgehead atoms. The summed E-state index contributed by atoms with van der Waals surface area (Å²) in [5.41, 5.74) is 4.06. The van der Waals surface area contributed by atoms with Crippen LogP contribution >= 0.6 is 11.3 Å². The number of hydrogen-bond acceptors (Lipinski definition) is 10. The number of methoxy groups -OCH3 is 1. The van der Waals surface area contributed by atoms with Crippen molar-refractivity contribution < 1.29 is 39.9 Å². The summed E-state index contributed by atoms with van der Waals surface area (Å²) in [4.78, 5) is 29.1. The van der Waals surface area contributed by atoms with Gasteiger partial charge in [-0.15, -0.1) is 11.3 Å². The van der Waals surface area contributed by atoms with Gasteiger partial charge in [-0.2, -0.15) is 0 Å². The van der Waals surface area contributed by atoms with E-state index in [9.17, 15) is 35.1 Å². The number of aliphatic hydroxyl groups is 5. The summed E-state index contributed by atoms with van der Waals surface area (Å²) in [6.45, 7) is 9.69. The first-order valence-corrected chi connectivity index (χ1v) is 14.3. The predicted molar refractivity (Wildman–Crippen MR) is 160 cm³/mol. The third kappa shape index (κ3) is 7.41. The van der Waals surface area contributed by atoms with Crippen LogP contribution in [0.2, 0.25) is 0 Å². The molecule has 0 fully saturated rings. The van der Waals surface area contributed by atoms with Crippen molar-refractivity contribution in [3.8, 4) is 5.75 Å². The zero-order valence-electron chi connectivity index (χ0n) is 24.5. The molecule has 2 radical (unpaired) electrons. The number of allylic oxidation sites excluding steroid dienone is 1. The summed E-state index contributed by atoms with van der Waals surface area (Å²) < 4.78 is 5.69. The lowest BCUT2D eigenvalue weighted by atomic mass is 9.91. The van der Waals surface area contributed by atoms with E-state index >= 15 is 0 Å². The molecule has 3 rings (SSSR count). The van der Waals surface area contributed by atoms with Crippen molar-refractivity contribution in [1.82, 2.24) is 9.80 Å². The molecular formula is C29H38BN3O8S. The van der Waals surface area contributed by atoms with Crippen LogP contribution in [0.1, 0.15) is 50.1 Å². The van der Waals surface area contributed by atoms with E-state index in [4.69, 9.17) is 12.6 Å². The minimum atomic E-state index is -3.53. The van der Waals surface area contributed by atoms with E-state index < -0.39 is 36.8 Å². The zero-order valence-corrected chi connectivity index (χ0v) is 25.3. The van der Waals surface area contributed by atoms with Crippen molar-refractivity contribution in [3.05, 3.63) is 63.5 Å². The average Bonchev–Trinajstić information content (AvgIpc) is 3.42. The van der Waals surface area contributed by atoms with Gasteiger partial charge in [0.25, 0.3) is 5.91 Å². The van der Waals surface area contributed by atoms with E-state index in [-0.39, 0.29) is 10.5 Å². The fourth-order valence-electron chi connectivity index (χ4n) is 5.04. The van der Waals surface area contributed by atoms with Gasteiger partial charge in [-0.3, -0.25) is 19.4 Å². The number of aryl methyl sites for hydroxylation is 1. The Morgan fingerprint density at radius 3 is 2.26 bits per heavy atom. The fraction of sp³-hybridized carbons (Fsp3) is 0.448. The van der Waals surface area contributed by atoms with Crippen molar-refractivity contribution in [2.24, 2.45) is 5.92 Å². The monoisotopic (exact) mass is 599 g/mol. The molecule has 1 aromatic carbocycles. The minimum Gasteiger partial charge on any atom is -0.496 e. The molecule has 2 amide bonds. The second kappa shape index (κ2) is 13.0. The minimum absolute atomic E-state index is 0.121. The maximum absolute atomic E-state index is 13.8. The molecule has 0 saturated heterocycles. The number of hydrogen-bond donors (Lipinski definition) is 5. The topological polar surface area (TPSA) is 154 Å². The maximum Gasteiger partial charge on any atom is 0.371 e. The van der Waals surface area contributed by atoms with Crippen LogP contribution in [0.4, 0.5) is 5.69 Å². The second-order valence-corrected chi connectivity index (χ2v) is 11.6. The van der Waals surface area contributed by atoms with Crippen LogP contribution in [-0.4, -0.2) is 87.1 Å². The Balaban J connectivity index is 2.13. The lowest BCUT2D eigenvalue weighted by Gasteiger charge is -2.39. The molecule has 0 atom stereocenters. The van der Waals surface area contributed by atoms with Crippen LogP contribution in [0.5, 0.6) is 5.75 Å². The number of ether oxygens (including phenoxy) is 1. The summed E-state index contributed by atoms with van der Waals surface area (Å²) in [6.07, 6.45) is -1.85. The molecule has 0 aliphatic carbocycles. The Morgan fingerprint density at radius 1 is 1.12 bits per heavy atom. The van der Waals surface area contributed by atoms with E-state index in [0.29, 0.717) is 35.1 Å². The van der Waals surface area contributed by atoms with Gasteiger partial charge in [-0.1, -0.05) is 26.5 Å².